The van der Waals surface area contributed by atoms with Crippen LogP contribution in [0.15, 0.2) is 71.2 Å². The molecule has 2 aliphatic rings. The van der Waals surface area contributed by atoms with Crippen LogP contribution in [-0.2, 0) is 19.3 Å². The van der Waals surface area contributed by atoms with Gasteiger partial charge in [-0.3, -0.25) is 9.69 Å². The number of allylic oxidation sites excluding steroid dienone is 3. The Morgan fingerprint density at radius 2 is 1.89 bits per heavy atom. The lowest BCUT2D eigenvalue weighted by molar-refractivity contribution is 0.0629. The van der Waals surface area contributed by atoms with E-state index < -0.39 is 0 Å². The molecule has 1 aromatic heterocycles. The van der Waals surface area contributed by atoms with E-state index in [-0.39, 0.29) is 5.91 Å². The summed E-state index contributed by atoms with van der Waals surface area (Å²) >= 11 is 5.53. The molecule has 0 spiro atoms. The number of benzene rings is 2. The molecule has 5 rings (SSSR count). The van der Waals surface area contributed by atoms with Gasteiger partial charge in [-0.2, -0.15) is 0 Å². The van der Waals surface area contributed by atoms with Crippen molar-refractivity contribution in [1.82, 2.24) is 14.4 Å². The summed E-state index contributed by atoms with van der Waals surface area (Å²) in [4.78, 5) is 18.5. The first-order valence-corrected chi connectivity index (χ1v) is 14.2. The van der Waals surface area contributed by atoms with Crippen molar-refractivity contribution >= 4 is 44.5 Å². The molecule has 1 aliphatic heterocycles. The summed E-state index contributed by atoms with van der Waals surface area (Å²) < 4.78 is 8.68. The van der Waals surface area contributed by atoms with Gasteiger partial charge in [-0.05, 0) is 40.0 Å². The molecule has 1 amide bonds. The van der Waals surface area contributed by atoms with Gasteiger partial charge in [-0.15, -0.1) is 11.8 Å². The van der Waals surface area contributed by atoms with E-state index in [9.17, 15) is 4.79 Å². The Balaban J connectivity index is 1.40. The van der Waals surface area contributed by atoms with Crippen LogP contribution in [0.25, 0.3) is 10.9 Å². The molecule has 2 aromatic carbocycles. The summed E-state index contributed by atoms with van der Waals surface area (Å²) in [5, 5.41) is 1.39. The van der Waals surface area contributed by atoms with Gasteiger partial charge in [0, 0.05) is 61.9 Å². The second kappa shape index (κ2) is 11.3. The number of aryl methyl sites for hydroxylation is 1. The van der Waals surface area contributed by atoms with Crippen LogP contribution in [0.3, 0.4) is 0 Å². The van der Waals surface area contributed by atoms with Gasteiger partial charge in [0.1, 0.15) is 5.75 Å². The van der Waals surface area contributed by atoms with Crippen molar-refractivity contribution in [3.05, 3.63) is 88.1 Å². The number of halogens is 1. The van der Waals surface area contributed by atoms with Gasteiger partial charge >= 0.3 is 0 Å². The monoisotopic (exact) mass is 565 g/mol. The van der Waals surface area contributed by atoms with Crippen LogP contribution >= 0.6 is 27.7 Å². The number of aromatic nitrogens is 1. The molecule has 0 saturated carbocycles. The molecule has 1 fully saturated rings. The fourth-order valence-corrected chi connectivity index (χ4v) is 6.68. The molecule has 36 heavy (non-hydrogen) atoms. The predicted molar refractivity (Wildman–Crippen MR) is 153 cm³/mol. The number of amides is 1. The molecule has 188 valence electrons. The first-order chi connectivity index (χ1) is 17.5. The zero-order valence-corrected chi connectivity index (χ0v) is 23.2. The van der Waals surface area contributed by atoms with Crippen molar-refractivity contribution in [2.75, 3.05) is 33.3 Å². The number of piperazine rings is 1. The van der Waals surface area contributed by atoms with Crippen LogP contribution in [-0.4, -0.2) is 58.8 Å². The molecule has 3 aromatic rings. The average Bonchev–Trinajstić information content (AvgIpc) is 3.18. The lowest BCUT2D eigenvalue weighted by atomic mass is 10.1. The molecule has 1 atom stereocenters. The summed E-state index contributed by atoms with van der Waals surface area (Å²) in [7, 11) is 3.74. The SMILES string of the molecule is COc1cc2c(C(=O)N3CCN(Cc4ccccc4)CC3)c(CSC3C=CC=CC3)n(C)c2cc1Br. The Hall–Kier alpha value is -2.48. The summed E-state index contributed by atoms with van der Waals surface area (Å²) in [6.07, 6.45) is 9.70. The maximum absolute atomic E-state index is 14.1. The van der Waals surface area contributed by atoms with E-state index >= 15 is 0 Å². The van der Waals surface area contributed by atoms with Gasteiger partial charge in [0.25, 0.3) is 5.91 Å². The molecule has 1 saturated heterocycles. The van der Waals surface area contributed by atoms with Crippen molar-refractivity contribution in [2.45, 2.75) is 24.0 Å². The quantitative estimate of drug-likeness (QED) is 0.350. The number of hydrogen-bond donors (Lipinski definition) is 0. The Labute approximate surface area is 225 Å². The third-order valence-electron chi connectivity index (χ3n) is 7.09. The highest BCUT2D eigenvalue weighted by Gasteiger charge is 2.29. The number of carbonyl (C=O) groups is 1. The smallest absolute Gasteiger partial charge is 0.256 e. The first-order valence-electron chi connectivity index (χ1n) is 12.4. The van der Waals surface area contributed by atoms with Crippen molar-refractivity contribution in [3.63, 3.8) is 0 Å². The van der Waals surface area contributed by atoms with Gasteiger partial charge in [-0.25, -0.2) is 0 Å². The van der Waals surface area contributed by atoms with E-state index in [1.807, 2.05) is 22.7 Å². The molecule has 0 bridgehead atoms. The van der Waals surface area contributed by atoms with Crippen molar-refractivity contribution in [1.29, 1.82) is 0 Å². The molecule has 7 heteroatoms. The summed E-state index contributed by atoms with van der Waals surface area (Å²) in [5.41, 5.74) is 4.26. The highest BCUT2D eigenvalue weighted by molar-refractivity contribution is 9.10. The molecular formula is C29H32BrN3O2S. The zero-order valence-electron chi connectivity index (χ0n) is 20.8. The van der Waals surface area contributed by atoms with Crippen LogP contribution in [0.5, 0.6) is 5.75 Å². The number of methoxy groups -OCH3 is 1. The van der Waals surface area contributed by atoms with E-state index in [1.54, 1.807) is 7.11 Å². The fourth-order valence-electron chi connectivity index (χ4n) is 5.03. The molecule has 1 aliphatic carbocycles. The second-order valence-corrected chi connectivity index (χ2v) is 11.4. The van der Waals surface area contributed by atoms with Crippen molar-refractivity contribution in [2.24, 2.45) is 7.05 Å². The van der Waals surface area contributed by atoms with Crippen LogP contribution < -0.4 is 4.74 Å². The number of nitrogens with zero attached hydrogens (tertiary/aromatic N) is 3. The Kier molecular flexibility index (Phi) is 7.89. The Morgan fingerprint density at radius 1 is 1.11 bits per heavy atom. The minimum Gasteiger partial charge on any atom is -0.496 e. The van der Waals surface area contributed by atoms with Crippen LogP contribution in [0, 0.1) is 0 Å². The highest BCUT2D eigenvalue weighted by Crippen LogP contribution is 2.37. The van der Waals surface area contributed by atoms with E-state index in [4.69, 9.17) is 4.74 Å². The fraction of sp³-hybridized carbons (Fsp3) is 0.345. The summed E-state index contributed by atoms with van der Waals surface area (Å²) in [5.74, 6) is 1.65. The zero-order chi connectivity index (χ0) is 25.1. The van der Waals surface area contributed by atoms with Crippen LogP contribution in [0.1, 0.15) is 28.0 Å². The van der Waals surface area contributed by atoms with Crippen LogP contribution in [0.2, 0.25) is 0 Å². The second-order valence-electron chi connectivity index (χ2n) is 9.34. The standard InChI is InChI=1S/C29H32BrN3O2S/c1-31-25-18-24(30)27(35-2)17-23(25)28(26(31)20-36-22-11-7-4-8-12-22)29(34)33-15-13-32(14-16-33)19-21-9-5-3-6-10-21/h3-11,17-18,22H,12-16,19-20H2,1-2H3. The predicted octanol–water partition coefficient (Wildman–Crippen LogP) is 6.03. The normalized spacial score (nSPS) is 18.2. The van der Waals surface area contributed by atoms with Crippen molar-refractivity contribution < 1.29 is 9.53 Å². The number of thioether (sulfide) groups is 1. The van der Waals surface area contributed by atoms with Crippen molar-refractivity contribution in [3.8, 4) is 5.75 Å². The van der Waals surface area contributed by atoms with Crippen LogP contribution in [0.4, 0.5) is 0 Å². The number of carbonyl (C=O) groups excluding carboxylic acids is 1. The van der Waals surface area contributed by atoms with Gasteiger partial charge in [0.15, 0.2) is 0 Å². The topological polar surface area (TPSA) is 37.7 Å². The summed E-state index contributed by atoms with van der Waals surface area (Å²) in [6, 6.07) is 14.6. The minimum atomic E-state index is 0.124. The maximum atomic E-state index is 14.1. The summed E-state index contributed by atoms with van der Waals surface area (Å²) in [6.45, 7) is 4.15. The van der Waals surface area contributed by atoms with Gasteiger partial charge in [0.2, 0.25) is 0 Å². The number of rotatable bonds is 7. The van der Waals surface area contributed by atoms with E-state index in [1.165, 1.54) is 5.56 Å². The third kappa shape index (κ3) is 5.29. The van der Waals surface area contributed by atoms with Gasteiger partial charge in [-0.1, -0.05) is 54.6 Å². The lowest BCUT2D eigenvalue weighted by Crippen LogP contribution is -2.48. The minimum absolute atomic E-state index is 0.124. The van der Waals surface area contributed by atoms with E-state index in [0.717, 1.165) is 77.3 Å². The molecule has 5 nitrogen and oxygen atoms in total. The molecule has 1 unspecified atom stereocenters. The molecular weight excluding hydrogens is 534 g/mol. The Bertz CT molecular complexity index is 1290. The number of hydrogen-bond acceptors (Lipinski definition) is 4. The molecule has 2 heterocycles. The lowest BCUT2D eigenvalue weighted by Gasteiger charge is -2.35. The molecule has 0 N–H and O–H groups in total. The van der Waals surface area contributed by atoms with Gasteiger partial charge < -0.3 is 14.2 Å². The number of ether oxygens (including phenoxy) is 1. The maximum Gasteiger partial charge on any atom is 0.256 e. The average molecular weight is 567 g/mol. The molecule has 0 radical (unpaired) electrons. The third-order valence-corrected chi connectivity index (χ3v) is 8.93. The van der Waals surface area contributed by atoms with E-state index in [2.05, 4.69) is 93.1 Å². The Morgan fingerprint density at radius 3 is 2.58 bits per heavy atom. The van der Waals surface area contributed by atoms with E-state index in [0.29, 0.717) is 5.25 Å². The highest BCUT2D eigenvalue weighted by atomic mass is 79.9. The number of fused-ring (bicyclic) bond motifs is 1. The largest absolute Gasteiger partial charge is 0.496 e. The van der Waals surface area contributed by atoms with Gasteiger partial charge in [0.05, 0.1) is 22.7 Å². The first kappa shape index (κ1) is 25.2.